The fourth-order valence-electron chi connectivity index (χ4n) is 2.24. The number of aromatic nitrogens is 4. The van der Waals surface area contributed by atoms with Gasteiger partial charge in [0.1, 0.15) is 18.2 Å². The standard InChI is InChI=1S/C15H14FN5OS/c1-11-18-20(15(23)21(11)19-7-2-3-8-19)10-14(22)17-13-6-4-5-12(16)9-13/h2-9H,10H2,1H3,(H,17,22). The largest absolute Gasteiger partial charge is 0.324 e. The van der Waals surface area contributed by atoms with Crippen LogP contribution in [0.3, 0.4) is 0 Å². The summed E-state index contributed by atoms with van der Waals surface area (Å²) >= 11 is 5.37. The minimum atomic E-state index is -0.410. The van der Waals surface area contributed by atoms with Crippen LogP contribution in [0, 0.1) is 17.5 Å². The Bertz CT molecular complexity index is 897. The molecule has 6 nitrogen and oxygen atoms in total. The highest BCUT2D eigenvalue weighted by atomic mass is 32.1. The van der Waals surface area contributed by atoms with Gasteiger partial charge < -0.3 is 5.32 Å². The van der Waals surface area contributed by atoms with E-state index in [1.165, 1.54) is 22.9 Å². The summed E-state index contributed by atoms with van der Waals surface area (Å²) in [6.07, 6.45) is 3.67. The van der Waals surface area contributed by atoms with Gasteiger partial charge in [-0.15, -0.1) is 0 Å². The van der Waals surface area contributed by atoms with Gasteiger partial charge in [0, 0.05) is 18.1 Å². The number of rotatable bonds is 4. The molecular weight excluding hydrogens is 317 g/mol. The summed E-state index contributed by atoms with van der Waals surface area (Å²) in [5.74, 6) is -0.0826. The summed E-state index contributed by atoms with van der Waals surface area (Å²) in [7, 11) is 0. The van der Waals surface area contributed by atoms with E-state index in [9.17, 15) is 9.18 Å². The van der Waals surface area contributed by atoms with Gasteiger partial charge >= 0.3 is 0 Å². The van der Waals surface area contributed by atoms with Gasteiger partial charge in [0.25, 0.3) is 0 Å². The van der Waals surface area contributed by atoms with Crippen molar-refractivity contribution in [3.8, 4) is 0 Å². The Morgan fingerprint density at radius 1 is 1.30 bits per heavy atom. The summed E-state index contributed by atoms with van der Waals surface area (Å²) in [4.78, 5) is 12.1. The minimum absolute atomic E-state index is 0.0511. The van der Waals surface area contributed by atoms with Crippen LogP contribution in [0.2, 0.25) is 0 Å². The smallest absolute Gasteiger partial charge is 0.246 e. The Hall–Kier alpha value is -2.74. The number of nitrogens with zero attached hydrogens (tertiary/aromatic N) is 4. The van der Waals surface area contributed by atoms with Gasteiger partial charge in [-0.05, 0) is 49.5 Å². The highest BCUT2D eigenvalue weighted by molar-refractivity contribution is 7.71. The molecule has 2 heterocycles. The molecule has 3 aromatic rings. The average molecular weight is 331 g/mol. The van der Waals surface area contributed by atoms with Gasteiger partial charge in [-0.25, -0.2) is 13.7 Å². The third-order valence-electron chi connectivity index (χ3n) is 3.20. The fraction of sp³-hybridized carbons (Fsp3) is 0.133. The van der Waals surface area contributed by atoms with Crippen LogP contribution in [0.25, 0.3) is 0 Å². The van der Waals surface area contributed by atoms with Gasteiger partial charge in [0.15, 0.2) is 0 Å². The molecule has 23 heavy (non-hydrogen) atoms. The second kappa shape index (κ2) is 6.17. The Labute approximate surface area is 136 Å². The molecule has 1 N–H and O–H groups in total. The average Bonchev–Trinajstić information content (AvgIpc) is 3.08. The quantitative estimate of drug-likeness (QED) is 0.748. The molecule has 0 radical (unpaired) electrons. The number of anilines is 1. The number of aryl methyl sites for hydroxylation is 1. The van der Waals surface area contributed by atoms with Crippen molar-refractivity contribution in [1.29, 1.82) is 0 Å². The predicted octanol–water partition coefficient (Wildman–Crippen LogP) is 2.61. The number of amides is 1. The summed E-state index contributed by atoms with van der Waals surface area (Å²) in [5.41, 5.74) is 0.392. The number of carbonyl (C=O) groups excluding carboxylic acids is 1. The number of benzene rings is 1. The van der Waals surface area contributed by atoms with Gasteiger partial charge in [-0.1, -0.05) is 6.07 Å². The molecule has 1 aromatic carbocycles. The molecule has 2 aromatic heterocycles. The summed E-state index contributed by atoms with van der Waals surface area (Å²) in [5, 5.41) is 6.90. The van der Waals surface area contributed by atoms with E-state index in [-0.39, 0.29) is 12.5 Å². The maximum Gasteiger partial charge on any atom is 0.246 e. The van der Waals surface area contributed by atoms with Gasteiger partial charge in [0.2, 0.25) is 10.7 Å². The lowest BCUT2D eigenvalue weighted by molar-refractivity contribution is -0.116. The van der Waals surface area contributed by atoms with E-state index in [0.29, 0.717) is 16.3 Å². The normalized spacial score (nSPS) is 10.7. The lowest BCUT2D eigenvalue weighted by Crippen LogP contribution is -2.20. The van der Waals surface area contributed by atoms with Crippen LogP contribution in [0.5, 0.6) is 0 Å². The molecule has 0 saturated carbocycles. The van der Waals surface area contributed by atoms with Crippen LogP contribution in [-0.2, 0) is 11.3 Å². The predicted molar refractivity (Wildman–Crippen MR) is 86.0 cm³/mol. The van der Waals surface area contributed by atoms with Crippen molar-refractivity contribution < 1.29 is 9.18 Å². The van der Waals surface area contributed by atoms with Crippen LogP contribution in [0.4, 0.5) is 10.1 Å². The first-order valence-corrected chi connectivity index (χ1v) is 7.31. The first-order chi connectivity index (χ1) is 11.0. The molecule has 0 aliphatic heterocycles. The fourth-order valence-corrected chi connectivity index (χ4v) is 2.57. The Morgan fingerprint density at radius 3 is 2.74 bits per heavy atom. The second-order valence-corrected chi connectivity index (χ2v) is 5.29. The molecule has 0 fully saturated rings. The number of hydrogen-bond donors (Lipinski definition) is 1. The molecule has 0 unspecified atom stereocenters. The summed E-state index contributed by atoms with van der Waals surface area (Å²) < 4.78 is 18.5. The zero-order chi connectivity index (χ0) is 16.4. The second-order valence-electron chi connectivity index (χ2n) is 4.92. The summed E-state index contributed by atoms with van der Waals surface area (Å²) in [6.45, 7) is 1.75. The van der Waals surface area contributed by atoms with Crippen LogP contribution in [0.1, 0.15) is 5.82 Å². The van der Waals surface area contributed by atoms with E-state index >= 15 is 0 Å². The summed E-state index contributed by atoms with van der Waals surface area (Å²) in [6, 6.07) is 9.45. The first kappa shape index (κ1) is 15.2. The third-order valence-corrected chi connectivity index (χ3v) is 3.58. The Morgan fingerprint density at radius 2 is 2.04 bits per heavy atom. The Balaban J connectivity index is 1.80. The number of hydrogen-bond acceptors (Lipinski definition) is 3. The van der Waals surface area contributed by atoms with Crippen LogP contribution in [0.15, 0.2) is 48.8 Å². The molecule has 0 bridgehead atoms. The van der Waals surface area contributed by atoms with Crippen molar-refractivity contribution in [2.24, 2.45) is 0 Å². The van der Waals surface area contributed by atoms with E-state index in [2.05, 4.69) is 10.4 Å². The first-order valence-electron chi connectivity index (χ1n) is 6.90. The van der Waals surface area contributed by atoms with E-state index in [0.717, 1.165) is 0 Å². The van der Waals surface area contributed by atoms with Crippen molar-refractivity contribution in [3.63, 3.8) is 0 Å². The number of nitrogens with one attached hydrogen (secondary N) is 1. The molecule has 8 heteroatoms. The van der Waals surface area contributed by atoms with Gasteiger partial charge in [-0.3, -0.25) is 9.47 Å². The molecule has 0 spiro atoms. The number of carbonyl (C=O) groups is 1. The lowest BCUT2D eigenvalue weighted by Gasteiger charge is -2.06. The third kappa shape index (κ3) is 3.21. The van der Waals surface area contributed by atoms with Crippen molar-refractivity contribution in [2.75, 3.05) is 5.32 Å². The number of halogens is 1. The van der Waals surface area contributed by atoms with Crippen LogP contribution < -0.4 is 5.32 Å². The van der Waals surface area contributed by atoms with E-state index in [1.807, 2.05) is 24.5 Å². The minimum Gasteiger partial charge on any atom is -0.324 e. The topological polar surface area (TPSA) is 56.8 Å². The van der Waals surface area contributed by atoms with Crippen molar-refractivity contribution in [3.05, 3.63) is 65.2 Å². The maximum absolute atomic E-state index is 13.1. The van der Waals surface area contributed by atoms with Gasteiger partial charge in [-0.2, -0.15) is 5.10 Å². The SMILES string of the molecule is Cc1nn(CC(=O)Nc2cccc(F)c2)c(=S)n1-n1cccc1. The lowest BCUT2D eigenvalue weighted by atomic mass is 10.3. The van der Waals surface area contributed by atoms with Crippen molar-refractivity contribution in [2.45, 2.75) is 13.5 Å². The zero-order valence-corrected chi connectivity index (χ0v) is 13.1. The van der Waals surface area contributed by atoms with E-state index in [4.69, 9.17) is 12.2 Å². The maximum atomic E-state index is 13.1. The Kier molecular flexibility index (Phi) is 4.07. The monoisotopic (exact) mass is 331 g/mol. The van der Waals surface area contributed by atoms with E-state index in [1.54, 1.807) is 22.3 Å². The molecule has 3 rings (SSSR count). The molecule has 1 amide bonds. The highest BCUT2D eigenvalue weighted by Crippen LogP contribution is 2.09. The van der Waals surface area contributed by atoms with Crippen LogP contribution in [-0.4, -0.2) is 25.0 Å². The van der Waals surface area contributed by atoms with Crippen molar-refractivity contribution >= 4 is 23.8 Å². The van der Waals surface area contributed by atoms with E-state index < -0.39 is 5.82 Å². The molecule has 0 saturated heterocycles. The molecule has 0 atom stereocenters. The van der Waals surface area contributed by atoms with Gasteiger partial charge in [0.05, 0.1) is 0 Å². The van der Waals surface area contributed by atoms with Crippen molar-refractivity contribution in [1.82, 2.24) is 19.1 Å². The highest BCUT2D eigenvalue weighted by Gasteiger charge is 2.11. The zero-order valence-electron chi connectivity index (χ0n) is 12.3. The molecule has 0 aliphatic carbocycles. The van der Waals surface area contributed by atoms with Crippen LogP contribution >= 0.6 is 12.2 Å². The molecule has 0 aliphatic rings. The molecular formula is C15H14FN5OS. The molecule has 118 valence electrons.